The zero-order valence-electron chi connectivity index (χ0n) is 8.79. The van der Waals surface area contributed by atoms with E-state index in [4.69, 9.17) is 10.5 Å². The van der Waals surface area contributed by atoms with Gasteiger partial charge in [-0.15, -0.1) is 0 Å². The average Bonchev–Trinajstić information content (AvgIpc) is 2.07. The second-order valence-electron chi connectivity index (χ2n) is 4.29. The topological polar surface area (TPSA) is 35.2 Å². The first-order valence-corrected chi connectivity index (χ1v) is 4.76. The highest BCUT2D eigenvalue weighted by atomic mass is 16.5. The predicted octanol–water partition coefficient (Wildman–Crippen LogP) is 2.76. The summed E-state index contributed by atoms with van der Waals surface area (Å²) in [5.41, 5.74) is 8.55. The summed E-state index contributed by atoms with van der Waals surface area (Å²) in [5.74, 6) is 0.921. The summed E-state index contributed by atoms with van der Waals surface area (Å²) >= 11 is 0. The molecule has 0 radical (unpaired) electrons. The first kappa shape index (κ1) is 9.13. The van der Waals surface area contributed by atoms with Crippen LogP contribution in [0.4, 0.5) is 5.69 Å². The SMILES string of the molecule is Cc1cc2c(cc1N)C=CC(C)(C)O2. The van der Waals surface area contributed by atoms with Crippen LogP contribution in [0.3, 0.4) is 0 Å². The van der Waals surface area contributed by atoms with Crippen molar-refractivity contribution in [2.75, 3.05) is 5.73 Å². The summed E-state index contributed by atoms with van der Waals surface area (Å²) in [5, 5.41) is 0. The minimum absolute atomic E-state index is 0.213. The molecular formula is C12H15NO. The molecule has 0 aliphatic carbocycles. The summed E-state index contributed by atoms with van der Waals surface area (Å²) in [6.07, 6.45) is 4.11. The summed E-state index contributed by atoms with van der Waals surface area (Å²) in [6, 6.07) is 3.95. The zero-order chi connectivity index (χ0) is 10.3. The van der Waals surface area contributed by atoms with Gasteiger partial charge in [0.15, 0.2) is 0 Å². The zero-order valence-corrected chi connectivity index (χ0v) is 8.79. The van der Waals surface area contributed by atoms with Crippen LogP contribution < -0.4 is 10.5 Å². The summed E-state index contributed by atoms with van der Waals surface area (Å²) in [7, 11) is 0. The third kappa shape index (κ3) is 1.48. The van der Waals surface area contributed by atoms with Crippen molar-refractivity contribution in [2.45, 2.75) is 26.4 Å². The Morgan fingerprint density at radius 1 is 1.29 bits per heavy atom. The van der Waals surface area contributed by atoms with Gasteiger partial charge in [0.2, 0.25) is 0 Å². The number of nitrogens with two attached hydrogens (primary N) is 1. The monoisotopic (exact) mass is 189 g/mol. The second-order valence-corrected chi connectivity index (χ2v) is 4.29. The molecule has 0 bridgehead atoms. The van der Waals surface area contributed by atoms with Crippen LogP contribution in [0.5, 0.6) is 5.75 Å². The van der Waals surface area contributed by atoms with Gasteiger partial charge in [-0.3, -0.25) is 0 Å². The van der Waals surface area contributed by atoms with E-state index >= 15 is 0 Å². The fourth-order valence-corrected chi connectivity index (χ4v) is 1.54. The van der Waals surface area contributed by atoms with Gasteiger partial charge in [-0.1, -0.05) is 6.08 Å². The van der Waals surface area contributed by atoms with E-state index in [2.05, 4.69) is 6.08 Å². The molecule has 1 aromatic carbocycles. The van der Waals surface area contributed by atoms with Crippen LogP contribution in [0.25, 0.3) is 6.08 Å². The van der Waals surface area contributed by atoms with E-state index in [-0.39, 0.29) is 5.60 Å². The van der Waals surface area contributed by atoms with Crippen molar-refractivity contribution in [3.05, 3.63) is 29.3 Å². The molecule has 1 aliphatic rings. The lowest BCUT2D eigenvalue weighted by atomic mass is 10.0. The van der Waals surface area contributed by atoms with Crippen LogP contribution in [0.1, 0.15) is 25.0 Å². The minimum atomic E-state index is -0.213. The first-order chi connectivity index (χ1) is 6.48. The Bertz CT molecular complexity index is 405. The van der Waals surface area contributed by atoms with Gasteiger partial charge in [0.05, 0.1) is 0 Å². The van der Waals surface area contributed by atoms with Crippen LogP contribution in [0, 0.1) is 6.92 Å². The van der Waals surface area contributed by atoms with Crippen LogP contribution in [0.15, 0.2) is 18.2 Å². The Balaban J connectivity index is 2.52. The molecule has 0 spiro atoms. The molecule has 2 nitrogen and oxygen atoms in total. The number of ether oxygens (including phenoxy) is 1. The molecule has 0 amide bonds. The van der Waals surface area contributed by atoms with Gasteiger partial charge in [0.1, 0.15) is 11.4 Å². The van der Waals surface area contributed by atoms with Crippen molar-refractivity contribution in [3.63, 3.8) is 0 Å². The van der Waals surface area contributed by atoms with Crippen molar-refractivity contribution < 1.29 is 4.74 Å². The van der Waals surface area contributed by atoms with Crippen molar-refractivity contribution in [3.8, 4) is 5.75 Å². The molecule has 2 rings (SSSR count). The highest BCUT2D eigenvalue weighted by molar-refractivity contribution is 5.67. The predicted molar refractivity (Wildman–Crippen MR) is 59.3 cm³/mol. The van der Waals surface area contributed by atoms with Gasteiger partial charge in [-0.25, -0.2) is 0 Å². The van der Waals surface area contributed by atoms with E-state index in [0.29, 0.717) is 0 Å². The number of nitrogen functional groups attached to an aromatic ring is 1. The molecule has 74 valence electrons. The van der Waals surface area contributed by atoms with E-state index < -0.39 is 0 Å². The highest BCUT2D eigenvalue weighted by Crippen LogP contribution is 2.33. The lowest BCUT2D eigenvalue weighted by Crippen LogP contribution is -2.27. The van der Waals surface area contributed by atoms with Crippen molar-refractivity contribution in [1.82, 2.24) is 0 Å². The third-order valence-corrected chi connectivity index (χ3v) is 2.44. The smallest absolute Gasteiger partial charge is 0.128 e. The molecule has 1 aromatic rings. The molecular weight excluding hydrogens is 174 g/mol. The number of aryl methyl sites for hydroxylation is 1. The Hall–Kier alpha value is -1.44. The molecule has 1 heterocycles. The highest BCUT2D eigenvalue weighted by Gasteiger charge is 2.21. The van der Waals surface area contributed by atoms with Gasteiger partial charge in [-0.2, -0.15) is 0 Å². The maximum atomic E-state index is 5.82. The van der Waals surface area contributed by atoms with Crippen molar-refractivity contribution >= 4 is 11.8 Å². The van der Waals surface area contributed by atoms with Gasteiger partial charge >= 0.3 is 0 Å². The van der Waals surface area contributed by atoms with Gasteiger partial charge in [-0.05, 0) is 44.5 Å². The van der Waals surface area contributed by atoms with Crippen molar-refractivity contribution in [1.29, 1.82) is 0 Å². The van der Waals surface area contributed by atoms with Crippen LogP contribution in [0.2, 0.25) is 0 Å². The Morgan fingerprint density at radius 3 is 2.71 bits per heavy atom. The molecule has 0 unspecified atom stereocenters. The van der Waals surface area contributed by atoms with Crippen LogP contribution in [-0.2, 0) is 0 Å². The van der Waals surface area contributed by atoms with E-state index in [1.165, 1.54) is 0 Å². The number of fused-ring (bicyclic) bond motifs is 1. The number of anilines is 1. The number of benzene rings is 1. The summed E-state index contributed by atoms with van der Waals surface area (Å²) in [6.45, 7) is 6.07. The average molecular weight is 189 g/mol. The molecule has 0 saturated carbocycles. The standard InChI is InChI=1S/C12H15NO/c1-8-6-11-9(7-10(8)13)4-5-12(2,3)14-11/h4-7H,13H2,1-3H3. The molecule has 0 fully saturated rings. The second kappa shape index (κ2) is 2.77. The van der Waals surface area contributed by atoms with Gasteiger partial charge in [0, 0.05) is 11.3 Å². The van der Waals surface area contributed by atoms with Crippen molar-refractivity contribution in [2.24, 2.45) is 0 Å². The number of hydrogen-bond acceptors (Lipinski definition) is 2. The molecule has 2 heteroatoms. The van der Waals surface area contributed by atoms with E-state index in [0.717, 1.165) is 22.6 Å². The van der Waals surface area contributed by atoms with E-state index in [1.54, 1.807) is 0 Å². The fourth-order valence-electron chi connectivity index (χ4n) is 1.54. The normalized spacial score (nSPS) is 17.4. The largest absolute Gasteiger partial charge is 0.483 e. The van der Waals surface area contributed by atoms with Crippen LogP contribution in [-0.4, -0.2) is 5.60 Å². The summed E-state index contributed by atoms with van der Waals surface area (Å²) in [4.78, 5) is 0. The molecule has 1 aliphatic heterocycles. The van der Waals surface area contributed by atoms with E-state index in [1.807, 2.05) is 39.0 Å². The molecule has 14 heavy (non-hydrogen) atoms. The molecule has 0 saturated heterocycles. The van der Waals surface area contributed by atoms with E-state index in [9.17, 15) is 0 Å². The number of rotatable bonds is 0. The third-order valence-electron chi connectivity index (χ3n) is 2.44. The van der Waals surface area contributed by atoms with Crippen LogP contribution >= 0.6 is 0 Å². The lowest BCUT2D eigenvalue weighted by molar-refractivity contribution is 0.159. The Labute approximate surface area is 84.4 Å². The Morgan fingerprint density at radius 2 is 2.00 bits per heavy atom. The number of hydrogen-bond donors (Lipinski definition) is 1. The Kier molecular flexibility index (Phi) is 1.81. The van der Waals surface area contributed by atoms with Gasteiger partial charge in [0.25, 0.3) is 0 Å². The fraction of sp³-hybridized carbons (Fsp3) is 0.333. The quantitative estimate of drug-likeness (QED) is 0.637. The molecule has 2 N–H and O–H groups in total. The first-order valence-electron chi connectivity index (χ1n) is 4.76. The molecule has 0 aromatic heterocycles. The maximum Gasteiger partial charge on any atom is 0.128 e. The lowest BCUT2D eigenvalue weighted by Gasteiger charge is -2.28. The maximum absolute atomic E-state index is 5.82. The van der Waals surface area contributed by atoms with Gasteiger partial charge < -0.3 is 10.5 Å². The summed E-state index contributed by atoms with van der Waals surface area (Å²) < 4.78 is 5.81. The minimum Gasteiger partial charge on any atom is -0.483 e. The molecule has 0 atom stereocenters.